The van der Waals surface area contributed by atoms with Crippen molar-refractivity contribution in [3.63, 3.8) is 0 Å². The lowest BCUT2D eigenvalue weighted by Gasteiger charge is -2.03. The van der Waals surface area contributed by atoms with Crippen LogP contribution in [0.1, 0.15) is 0 Å². The Bertz CT molecular complexity index is 792. The third kappa shape index (κ3) is 2.55. The number of hydrogen-bond donors (Lipinski definition) is 1. The van der Waals surface area contributed by atoms with Crippen molar-refractivity contribution in [3.05, 3.63) is 37.1 Å². The highest BCUT2D eigenvalue weighted by atomic mass is 19.4. The van der Waals surface area contributed by atoms with Crippen molar-refractivity contribution in [3.8, 4) is 5.69 Å². The predicted octanol–water partition coefficient (Wildman–Crippen LogP) is 1.42. The van der Waals surface area contributed by atoms with Gasteiger partial charge in [0.15, 0.2) is 5.65 Å². The first kappa shape index (κ1) is 13.1. The Labute approximate surface area is 115 Å². The fraction of sp³-hybridized carbons (Fsp3) is 0.0909. The Kier molecular flexibility index (Phi) is 2.85. The zero-order chi connectivity index (χ0) is 15.0. The number of hydrogen-bond acceptors (Lipinski definition) is 4. The summed E-state index contributed by atoms with van der Waals surface area (Å²) in [5, 5.41) is 5.38. The molecule has 108 valence electrons. The molecular weight excluding hydrogens is 289 g/mol. The minimum atomic E-state index is -4.99. The molecule has 0 fully saturated rings. The molecule has 0 saturated carbocycles. The Morgan fingerprint density at radius 2 is 2.10 bits per heavy atom. The molecule has 0 atom stereocenters. The maximum Gasteiger partial charge on any atom is 0.471 e. The summed E-state index contributed by atoms with van der Waals surface area (Å²) in [5.74, 6) is -2.53. The van der Waals surface area contributed by atoms with Crippen LogP contribution in [0.4, 0.5) is 19.1 Å². The lowest BCUT2D eigenvalue weighted by atomic mass is 10.4. The molecule has 10 heteroatoms. The van der Waals surface area contributed by atoms with Gasteiger partial charge in [-0.05, 0) is 12.1 Å². The van der Waals surface area contributed by atoms with Gasteiger partial charge in [0.2, 0.25) is 5.95 Å². The van der Waals surface area contributed by atoms with Gasteiger partial charge in [0.05, 0.1) is 18.2 Å². The molecule has 0 bridgehead atoms. The summed E-state index contributed by atoms with van der Waals surface area (Å²) >= 11 is 0. The largest absolute Gasteiger partial charge is 0.471 e. The number of amides is 1. The van der Waals surface area contributed by atoms with Gasteiger partial charge in [-0.3, -0.25) is 10.1 Å². The van der Waals surface area contributed by atoms with Crippen LogP contribution in [0.25, 0.3) is 11.3 Å². The molecule has 3 aromatic heterocycles. The van der Waals surface area contributed by atoms with E-state index in [4.69, 9.17) is 0 Å². The number of nitrogens with zero attached hydrogens (tertiary/aromatic N) is 5. The van der Waals surface area contributed by atoms with E-state index in [1.54, 1.807) is 46.9 Å². The maximum atomic E-state index is 12.2. The molecule has 0 spiro atoms. The molecule has 0 saturated heterocycles. The van der Waals surface area contributed by atoms with Crippen molar-refractivity contribution in [2.45, 2.75) is 6.18 Å². The molecule has 3 heterocycles. The molecule has 21 heavy (non-hydrogen) atoms. The van der Waals surface area contributed by atoms with Gasteiger partial charge in [-0.2, -0.15) is 18.2 Å². The van der Waals surface area contributed by atoms with Gasteiger partial charge >= 0.3 is 12.1 Å². The van der Waals surface area contributed by atoms with Crippen molar-refractivity contribution in [2.24, 2.45) is 0 Å². The van der Waals surface area contributed by atoms with Crippen LogP contribution in [-0.4, -0.2) is 36.2 Å². The second kappa shape index (κ2) is 4.58. The average Bonchev–Trinajstić information content (AvgIpc) is 3.05. The zero-order valence-corrected chi connectivity index (χ0v) is 10.2. The van der Waals surface area contributed by atoms with Crippen LogP contribution >= 0.6 is 0 Å². The molecule has 0 unspecified atom stereocenters. The molecule has 0 aliphatic rings. The number of fused-ring (bicyclic) bond motifs is 1. The van der Waals surface area contributed by atoms with Crippen LogP contribution in [-0.2, 0) is 4.79 Å². The van der Waals surface area contributed by atoms with Crippen molar-refractivity contribution < 1.29 is 18.0 Å². The molecule has 1 N–H and O–H groups in total. The van der Waals surface area contributed by atoms with Gasteiger partial charge in [0, 0.05) is 12.4 Å². The minimum Gasteiger partial charge on any atom is -0.305 e. The monoisotopic (exact) mass is 296 g/mol. The standard InChI is InChI=1S/C11H7F3N6O/c12-11(13,14)9(21)17-10-16-8-2-1-7(5-20(8)18-10)19-4-3-15-6-19/h1-6H,(H,17,18,21). The van der Waals surface area contributed by atoms with Crippen LogP contribution in [0.5, 0.6) is 0 Å². The molecule has 3 rings (SSSR count). The lowest BCUT2D eigenvalue weighted by molar-refractivity contribution is -0.167. The van der Waals surface area contributed by atoms with Gasteiger partial charge in [0.1, 0.15) is 0 Å². The summed E-state index contributed by atoms with van der Waals surface area (Å²) in [7, 11) is 0. The number of carbonyl (C=O) groups excluding carboxylic acids is 1. The quantitative estimate of drug-likeness (QED) is 0.775. The van der Waals surface area contributed by atoms with Crippen LogP contribution in [0.3, 0.4) is 0 Å². The number of nitrogens with one attached hydrogen (secondary N) is 1. The van der Waals surface area contributed by atoms with Crippen molar-refractivity contribution in [2.75, 3.05) is 5.32 Å². The molecular formula is C11H7F3N6O. The lowest BCUT2D eigenvalue weighted by Crippen LogP contribution is -2.30. The molecule has 3 aromatic rings. The SMILES string of the molecule is O=C(Nc1nc2ccc(-n3ccnc3)cn2n1)C(F)(F)F. The van der Waals surface area contributed by atoms with Crippen LogP contribution < -0.4 is 5.32 Å². The number of pyridine rings is 1. The number of rotatable bonds is 2. The van der Waals surface area contributed by atoms with E-state index in [9.17, 15) is 18.0 Å². The molecule has 0 aromatic carbocycles. The first-order valence-electron chi connectivity index (χ1n) is 5.66. The van der Waals surface area contributed by atoms with E-state index in [0.717, 1.165) is 0 Å². The summed E-state index contributed by atoms with van der Waals surface area (Å²) in [4.78, 5) is 18.5. The van der Waals surface area contributed by atoms with Crippen LogP contribution in [0.2, 0.25) is 0 Å². The Morgan fingerprint density at radius 1 is 1.29 bits per heavy atom. The Morgan fingerprint density at radius 3 is 2.76 bits per heavy atom. The molecule has 0 aliphatic heterocycles. The second-order valence-electron chi connectivity index (χ2n) is 4.05. The van der Waals surface area contributed by atoms with E-state index in [-0.39, 0.29) is 0 Å². The fourth-order valence-electron chi connectivity index (χ4n) is 1.66. The van der Waals surface area contributed by atoms with Gasteiger partial charge in [-0.25, -0.2) is 9.50 Å². The van der Waals surface area contributed by atoms with Crippen molar-refractivity contribution in [1.29, 1.82) is 0 Å². The number of imidazole rings is 1. The normalized spacial score (nSPS) is 11.8. The smallest absolute Gasteiger partial charge is 0.305 e. The first-order chi connectivity index (χ1) is 9.93. The highest BCUT2D eigenvalue weighted by molar-refractivity contribution is 5.93. The van der Waals surface area contributed by atoms with Crippen LogP contribution in [0.15, 0.2) is 37.1 Å². The fourth-order valence-corrected chi connectivity index (χ4v) is 1.66. The van der Waals surface area contributed by atoms with E-state index >= 15 is 0 Å². The van der Waals surface area contributed by atoms with E-state index in [0.29, 0.717) is 11.3 Å². The summed E-state index contributed by atoms with van der Waals surface area (Å²) in [6.07, 6.45) is 1.40. The van der Waals surface area contributed by atoms with E-state index in [1.165, 1.54) is 4.52 Å². The third-order valence-corrected chi connectivity index (χ3v) is 2.60. The molecule has 7 nitrogen and oxygen atoms in total. The van der Waals surface area contributed by atoms with Crippen molar-refractivity contribution in [1.82, 2.24) is 24.1 Å². The highest BCUT2D eigenvalue weighted by Gasteiger charge is 2.39. The van der Waals surface area contributed by atoms with Gasteiger partial charge in [-0.1, -0.05) is 0 Å². The van der Waals surface area contributed by atoms with E-state index < -0.39 is 18.0 Å². The third-order valence-electron chi connectivity index (χ3n) is 2.60. The molecule has 0 aliphatic carbocycles. The molecule has 1 amide bonds. The Balaban J connectivity index is 1.92. The summed E-state index contributed by atoms with van der Waals surface area (Å²) < 4.78 is 39.4. The summed E-state index contributed by atoms with van der Waals surface area (Å²) in [6.45, 7) is 0. The Hall–Kier alpha value is -2.91. The van der Waals surface area contributed by atoms with Crippen LogP contribution in [0, 0.1) is 0 Å². The number of carbonyl (C=O) groups is 1. The maximum absolute atomic E-state index is 12.2. The number of anilines is 1. The summed E-state index contributed by atoms with van der Waals surface area (Å²) in [5.41, 5.74) is 0.995. The minimum absolute atomic E-state index is 0.302. The second-order valence-corrected chi connectivity index (χ2v) is 4.05. The van der Waals surface area contributed by atoms with Gasteiger partial charge in [-0.15, -0.1) is 5.10 Å². The van der Waals surface area contributed by atoms with Gasteiger partial charge < -0.3 is 4.57 Å². The number of aromatic nitrogens is 5. The van der Waals surface area contributed by atoms with Gasteiger partial charge in [0.25, 0.3) is 0 Å². The predicted molar refractivity (Wildman–Crippen MR) is 64.8 cm³/mol. The number of halogens is 3. The van der Waals surface area contributed by atoms with Crippen molar-refractivity contribution >= 4 is 17.5 Å². The summed E-state index contributed by atoms with van der Waals surface area (Å²) in [6, 6.07) is 3.26. The topological polar surface area (TPSA) is 77.1 Å². The van der Waals surface area contributed by atoms with E-state index in [2.05, 4.69) is 15.1 Å². The van der Waals surface area contributed by atoms with E-state index in [1.807, 2.05) is 0 Å². The molecule has 0 radical (unpaired) electrons. The first-order valence-corrected chi connectivity index (χ1v) is 5.66. The average molecular weight is 296 g/mol. The number of alkyl halides is 3. The zero-order valence-electron chi connectivity index (χ0n) is 10.2. The highest BCUT2D eigenvalue weighted by Crippen LogP contribution is 2.17.